The van der Waals surface area contributed by atoms with Crippen LogP contribution in [0.25, 0.3) is 53.2 Å². The van der Waals surface area contributed by atoms with Crippen molar-refractivity contribution in [3.63, 3.8) is 0 Å². The molecule has 0 radical (unpaired) electrons. The molecule has 0 spiro atoms. The normalized spacial score (nSPS) is 16.1. The zero-order chi connectivity index (χ0) is 50.3. The lowest BCUT2D eigenvalue weighted by molar-refractivity contribution is -0.114. The van der Waals surface area contributed by atoms with E-state index in [1.54, 1.807) is 23.5 Å². The monoisotopic (exact) mass is 1100 g/mol. The SMILES string of the molecule is CCCCCCCCSC1=NC(=O)/C(=C/C=C/C=C/C=C/C=C/c2cc3c(-c4ccc(C)s4)c4sc(/C=C/C=C/C=C/C=C/C=C5\SC(SCCCCCCCC)=NC5=O)cc4c(-c4ccc(C)s4)c3s2)S1. The Bertz CT molecular complexity index is 2770. The Morgan fingerprint density at radius 1 is 0.458 bits per heavy atom. The third-order valence-corrected chi connectivity index (χ3v) is 20.2. The van der Waals surface area contributed by atoms with Crippen LogP contribution in [0.3, 0.4) is 0 Å². The van der Waals surface area contributed by atoms with Crippen LogP contribution in [-0.4, -0.2) is 32.1 Å². The number of rotatable bonds is 26. The van der Waals surface area contributed by atoms with Gasteiger partial charge in [-0.05, 0) is 87.4 Å². The topological polar surface area (TPSA) is 58.9 Å². The summed E-state index contributed by atoms with van der Waals surface area (Å²) < 4.78 is 4.37. The molecule has 4 nitrogen and oxygen atoms in total. The second-order valence-electron chi connectivity index (χ2n) is 17.2. The van der Waals surface area contributed by atoms with Gasteiger partial charge in [0.2, 0.25) is 0 Å². The van der Waals surface area contributed by atoms with E-state index in [4.69, 9.17) is 0 Å². The van der Waals surface area contributed by atoms with Crippen molar-refractivity contribution in [3.05, 3.63) is 163 Å². The van der Waals surface area contributed by atoms with E-state index >= 15 is 0 Å². The average Bonchev–Trinajstić information content (AvgIpc) is 4.25. The summed E-state index contributed by atoms with van der Waals surface area (Å²) in [5, 5.41) is 2.59. The zero-order valence-corrected chi connectivity index (χ0v) is 48.3. The summed E-state index contributed by atoms with van der Waals surface area (Å²) in [6, 6.07) is 13.8. The smallest absolute Gasteiger partial charge is 0.266 e. The molecule has 1 aromatic carbocycles. The molecule has 2 aliphatic rings. The number of aryl methyl sites for hydroxylation is 2. The van der Waals surface area contributed by atoms with Crippen molar-refractivity contribution in [2.45, 2.75) is 105 Å². The molecule has 0 atom stereocenters. The van der Waals surface area contributed by atoms with Crippen molar-refractivity contribution in [1.82, 2.24) is 0 Å². The fourth-order valence-corrected chi connectivity index (χ4v) is 16.2. The first-order valence-electron chi connectivity index (χ1n) is 25.1. The van der Waals surface area contributed by atoms with Crippen molar-refractivity contribution in [1.29, 1.82) is 0 Å². The molecule has 4 aromatic heterocycles. The summed E-state index contributed by atoms with van der Waals surface area (Å²) in [6.07, 6.45) is 51.5. The van der Waals surface area contributed by atoms with Crippen LogP contribution >= 0.6 is 92.4 Å². The minimum atomic E-state index is -0.137. The minimum absolute atomic E-state index is 0.137. The standard InChI is InChI=1S/C60H64N2O2S8/c1-5-7-9-11-23-29-39-65-59-61-57(63)51(71-59)33-27-21-17-13-15-19-25-31-45-41-47-53(49-37-35-43(3)67-49)56-48(54(55(47)69-45)50-38-36-44(4)68-50)42-46(70-56)32-26-20-16-14-18-22-28-34-52-58(64)62-60(72-52)66-40-30-24-12-10-8-6-2/h13-22,25-28,31-38,41-42H,5-12,23-24,29-30,39-40H2,1-4H3/b17-13+,18-14+,19-15+,20-16+,27-21+,28-22+,31-25+,32-26+,51-33-,52-34-. The molecule has 0 unspecified atom stereocenters. The van der Waals surface area contributed by atoms with Crippen molar-refractivity contribution in [2.24, 2.45) is 9.98 Å². The van der Waals surface area contributed by atoms with Gasteiger partial charge in [0.05, 0.1) is 9.81 Å². The number of hydrogen-bond acceptors (Lipinski definition) is 10. The minimum Gasteiger partial charge on any atom is -0.266 e. The first kappa shape index (κ1) is 55.8. The molecule has 0 bridgehead atoms. The lowest BCUT2D eigenvalue weighted by Crippen LogP contribution is -1.87. The van der Waals surface area contributed by atoms with Crippen LogP contribution < -0.4 is 0 Å². The van der Waals surface area contributed by atoms with Gasteiger partial charge in [0, 0.05) is 72.1 Å². The maximum Gasteiger partial charge on any atom is 0.285 e. The number of fused-ring (bicyclic) bond motifs is 2. The number of benzene rings is 1. The van der Waals surface area contributed by atoms with Gasteiger partial charge >= 0.3 is 0 Å². The Morgan fingerprint density at radius 3 is 1.22 bits per heavy atom. The quantitative estimate of drug-likeness (QED) is 0.0312. The number of carbonyl (C=O) groups is 2. The van der Waals surface area contributed by atoms with Crippen LogP contribution in [0.5, 0.6) is 0 Å². The highest BCUT2D eigenvalue weighted by atomic mass is 32.2. The molecule has 2 amide bonds. The van der Waals surface area contributed by atoms with Crippen molar-refractivity contribution < 1.29 is 9.59 Å². The Kier molecular flexibility index (Phi) is 23.5. The van der Waals surface area contributed by atoms with Crippen LogP contribution in [0.1, 0.15) is 110 Å². The van der Waals surface area contributed by atoms with Crippen LogP contribution in [0.4, 0.5) is 0 Å². The van der Waals surface area contributed by atoms with Gasteiger partial charge in [-0.1, -0.05) is 210 Å². The third-order valence-electron chi connectivity index (χ3n) is 11.5. The summed E-state index contributed by atoms with van der Waals surface area (Å²) in [6.45, 7) is 8.86. The predicted octanol–water partition coefficient (Wildman–Crippen LogP) is 20.8. The lowest BCUT2D eigenvalue weighted by atomic mass is 9.99. The average molecular weight is 1100 g/mol. The van der Waals surface area contributed by atoms with Gasteiger partial charge in [-0.15, -0.1) is 45.3 Å². The molecule has 72 heavy (non-hydrogen) atoms. The van der Waals surface area contributed by atoms with E-state index in [2.05, 4.69) is 111 Å². The van der Waals surface area contributed by atoms with E-state index in [1.165, 1.54) is 161 Å². The number of amides is 2. The lowest BCUT2D eigenvalue weighted by Gasteiger charge is -2.09. The molecule has 2 aliphatic heterocycles. The van der Waals surface area contributed by atoms with Crippen molar-refractivity contribution >= 4 is 145 Å². The first-order chi connectivity index (χ1) is 35.3. The number of allylic oxidation sites excluding steroid dienone is 16. The Balaban J connectivity index is 0.978. The number of unbranched alkanes of at least 4 members (excludes halogenated alkanes) is 10. The summed E-state index contributed by atoms with van der Waals surface area (Å²) in [7, 11) is 0. The summed E-state index contributed by atoms with van der Waals surface area (Å²) in [5.41, 5.74) is 2.63. The van der Waals surface area contributed by atoms with Gasteiger partial charge in [0.15, 0.2) is 0 Å². The predicted molar refractivity (Wildman–Crippen MR) is 334 cm³/mol. The van der Waals surface area contributed by atoms with Gasteiger partial charge in [-0.25, -0.2) is 0 Å². The number of thiophene rings is 4. The number of thioether (sulfide) groups is 4. The summed E-state index contributed by atoms with van der Waals surface area (Å²) in [4.78, 5) is 42.3. The Morgan fingerprint density at radius 2 is 0.833 bits per heavy atom. The fourth-order valence-electron chi connectivity index (χ4n) is 7.84. The molecule has 0 aliphatic carbocycles. The number of hydrogen-bond donors (Lipinski definition) is 0. The van der Waals surface area contributed by atoms with E-state index in [0.717, 1.165) is 20.3 Å². The summed E-state index contributed by atoms with van der Waals surface area (Å²) >= 11 is 13.8. The highest BCUT2D eigenvalue weighted by Crippen LogP contribution is 2.52. The molecule has 0 saturated carbocycles. The number of aliphatic imine (C=N–C) groups is 2. The second-order valence-corrected chi connectivity index (χ2v) is 26.7. The Hall–Kier alpha value is -3.98. The molecule has 12 heteroatoms. The first-order valence-corrected chi connectivity index (χ1v) is 32.0. The third kappa shape index (κ3) is 17.0. The van der Waals surface area contributed by atoms with E-state index in [0.29, 0.717) is 9.81 Å². The van der Waals surface area contributed by atoms with Crippen molar-refractivity contribution in [3.8, 4) is 20.9 Å². The highest BCUT2D eigenvalue weighted by molar-refractivity contribution is 8.41. The van der Waals surface area contributed by atoms with Crippen molar-refractivity contribution in [2.75, 3.05) is 11.5 Å². The van der Waals surface area contributed by atoms with Crippen LogP contribution in [0, 0.1) is 13.8 Å². The number of carbonyl (C=O) groups excluding carboxylic acids is 2. The molecule has 0 saturated heterocycles. The zero-order valence-electron chi connectivity index (χ0n) is 41.7. The van der Waals surface area contributed by atoms with Gasteiger partial charge in [-0.2, -0.15) is 9.98 Å². The largest absolute Gasteiger partial charge is 0.285 e. The second kappa shape index (κ2) is 30.4. The van der Waals surface area contributed by atoms with E-state index in [-0.39, 0.29) is 11.8 Å². The molecule has 6 heterocycles. The molecule has 0 N–H and O–H groups in total. The van der Waals surface area contributed by atoms with Gasteiger partial charge in [-0.3, -0.25) is 9.59 Å². The van der Waals surface area contributed by atoms with E-state index in [9.17, 15) is 9.59 Å². The van der Waals surface area contributed by atoms with Gasteiger partial charge < -0.3 is 0 Å². The van der Waals surface area contributed by atoms with E-state index in [1.807, 2.05) is 118 Å². The van der Waals surface area contributed by atoms with Gasteiger partial charge in [0.25, 0.3) is 11.8 Å². The maximum absolute atomic E-state index is 12.4. The van der Waals surface area contributed by atoms with Crippen LogP contribution in [0.2, 0.25) is 0 Å². The molecule has 0 fully saturated rings. The van der Waals surface area contributed by atoms with E-state index < -0.39 is 0 Å². The van der Waals surface area contributed by atoms with Crippen LogP contribution in [0.15, 0.2) is 153 Å². The van der Waals surface area contributed by atoms with Gasteiger partial charge in [0.1, 0.15) is 8.75 Å². The molecular weight excluding hydrogens is 1040 g/mol. The molecule has 5 aromatic rings. The number of nitrogens with zero attached hydrogens (tertiary/aromatic N) is 2. The summed E-state index contributed by atoms with van der Waals surface area (Å²) in [5.74, 6) is 1.77. The van der Waals surface area contributed by atoms with Crippen LogP contribution in [-0.2, 0) is 9.59 Å². The highest BCUT2D eigenvalue weighted by Gasteiger charge is 2.24. The fraction of sp³-hybridized carbons (Fsp3) is 0.300. The molecular formula is C60H64N2O2S8. The Labute approximate surface area is 460 Å². The molecule has 7 rings (SSSR count). The maximum atomic E-state index is 12.4. The molecule has 374 valence electrons.